The molecule has 3 aromatic rings. The minimum Gasteiger partial charge on any atom is -0.384 e. The van der Waals surface area contributed by atoms with Gasteiger partial charge in [-0.15, -0.1) is 11.8 Å². The molecule has 5 heteroatoms. The molecule has 0 radical (unpaired) electrons. The first kappa shape index (κ1) is 11.9. The molecule has 2 N–H and O–H groups in total. The fourth-order valence-electron chi connectivity index (χ4n) is 1.77. The first-order valence-electron chi connectivity index (χ1n) is 5.86. The number of fused-ring (bicyclic) bond motifs is 1. The molecule has 0 fully saturated rings. The van der Waals surface area contributed by atoms with Crippen LogP contribution in [0.4, 0.5) is 5.82 Å². The minimum atomic E-state index is 0.543. The van der Waals surface area contributed by atoms with Crippen LogP contribution in [0.15, 0.2) is 53.9 Å². The second-order valence-corrected chi connectivity index (χ2v) is 5.04. The van der Waals surface area contributed by atoms with Crippen molar-refractivity contribution in [3.8, 4) is 0 Å². The first-order chi connectivity index (χ1) is 9.33. The third-order valence-electron chi connectivity index (χ3n) is 2.73. The van der Waals surface area contributed by atoms with E-state index in [0.29, 0.717) is 5.82 Å². The zero-order chi connectivity index (χ0) is 13.1. The lowest BCUT2D eigenvalue weighted by atomic mass is 10.2. The van der Waals surface area contributed by atoms with Gasteiger partial charge in [-0.2, -0.15) is 0 Å². The van der Waals surface area contributed by atoms with Gasteiger partial charge in [-0.1, -0.05) is 24.3 Å². The van der Waals surface area contributed by atoms with E-state index in [1.54, 1.807) is 24.3 Å². The Bertz CT molecular complexity index is 692. The van der Waals surface area contributed by atoms with E-state index in [0.717, 1.165) is 27.2 Å². The molecule has 4 nitrogen and oxygen atoms in total. The minimum absolute atomic E-state index is 0.543. The maximum Gasteiger partial charge on any atom is 0.123 e. The highest BCUT2D eigenvalue weighted by Gasteiger charge is 2.04. The Kier molecular flexibility index (Phi) is 3.29. The van der Waals surface area contributed by atoms with Crippen LogP contribution in [-0.4, -0.2) is 15.0 Å². The number of nitrogens with zero attached hydrogens (tertiary/aromatic N) is 3. The van der Waals surface area contributed by atoms with Crippen LogP contribution in [0.25, 0.3) is 10.9 Å². The summed E-state index contributed by atoms with van der Waals surface area (Å²) in [4.78, 5) is 12.7. The van der Waals surface area contributed by atoms with E-state index in [1.807, 2.05) is 36.4 Å². The number of nitrogens with two attached hydrogens (primary N) is 1. The Balaban J connectivity index is 1.84. The van der Waals surface area contributed by atoms with E-state index in [-0.39, 0.29) is 0 Å². The fraction of sp³-hybridized carbons (Fsp3) is 0.0714. The number of rotatable bonds is 3. The Morgan fingerprint density at radius 3 is 2.74 bits per heavy atom. The van der Waals surface area contributed by atoms with Crippen molar-refractivity contribution in [2.75, 3.05) is 5.73 Å². The van der Waals surface area contributed by atoms with Crippen LogP contribution in [0.3, 0.4) is 0 Å². The van der Waals surface area contributed by atoms with Crippen LogP contribution in [0, 0.1) is 0 Å². The van der Waals surface area contributed by atoms with Gasteiger partial charge >= 0.3 is 0 Å². The molecule has 2 heterocycles. The van der Waals surface area contributed by atoms with Crippen molar-refractivity contribution in [1.82, 2.24) is 15.0 Å². The van der Waals surface area contributed by atoms with Gasteiger partial charge in [0, 0.05) is 17.3 Å². The van der Waals surface area contributed by atoms with Crippen molar-refractivity contribution < 1.29 is 0 Å². The maximum atomic E-state index is 5.57. The zero-order valence-corrected chi connectivity index (χ0v) is 11.0. The molecule has 19 heavy (non-hydrogen) atoms. The highest BCUT2D eigenvalue weighted by atomic mass is 32.2. The van der Waals surface area contributed by atoms with Gasteiger partial charge in [0.05, 0.1) is 5.52 Å². The van der Waals surface area contributed by atoms with Gasteiger partial charge in [0.2, 0.25) is 0 Å². The molecule has 94 valence electrons. The summed E-state index contributed by atoms with van der Waals surface area (Å²) in [6.45, 7) is 0. The summed E-state index contributed by atoms with van der Waals surface area (Å²) >= 11 is 1.68. The molecular weight excluding hydrogens is 256 g/mol. The molecule has 0 aliphatic rings. The molecule has 0 spiro atoms. The predicted octanol–water partition coefficient (Wildman–Crippen LogP) is 2.90. The number of thioether (sulfide) groups is 1. The van der Waals surface area contributed by atoms with Crippen molar-refractivity contribution >= 4 is 28.5 Å². The maximum absolute atomic E-state index is 5.57. The second-order valence-electron chi connectivity index (χ2n) is 4.08. The number of nitrogen functional groups attached to an aromatic ring is 1. The number of pyridine rings is 1. The average Bonchev–Trinajstić information content (AvgIpc) is 2.47. The zero-order valence-electron chi connectivity index (χ0n) is 10.2. The van der Waals surface area contributed by atoms with Gasteiger partial charge < -0.3 is 5.73 Å². The molecule has 1 aromatic carbocycles. The van der Waals surface area contributed by atoms with Crippen LogP contribution in [0.1, 0.15) is 5.56 Å². The van der Waals surface area contributed by atoms with Crippen molar-refractivity contribution in [2.24, 2.45) is 0 Å². The van der Waals surface area contributed by atoms with Gasteiger partial charge in [-0.25, -0.2) is 15.0 Å². The van der Waals surface area contributed by atoms with Gasteiger partial charge in [0.15, 0.2) is 0 Å². The molecule has 3 rings (SSSR count). The highest BCUT2D eigenvalue weighted by molar-refractivity contribution is 7.98. The molecule has 0 amide bonds. The number of benzene rings is 1. The molecule has 0 aliphatic heterocycles. The number of aromatic nitrogens is 3. The topological polar surface area (TPSA) is 64.7 Å². The molecule has 0 aliphatic carbocycles. The Morgan fingerprint density at radius 1 is 1.00 bits per heavy atom. The second kappa shape index (κ2) is 5.24. The first-order valence-corrected chi connectivity index (χ1v) is 6.84. The largest absolute Gasteiger partial charge is 0.384 e. The van der Waals surface area contributed by atoms with E-state index in [2.05, 4.69) is 15.0 Å². The number of hydrogen-bond donors (Lipinski definition) is 1. The lowest BCUT2D eigenvalue weighted by Gasteiger charge is -2.04. The fourth-order valence-corrected chi connectivity index (χ4v) is 2.69. The summed E-state index contributed by atoms with van der Waals surface area (Å²) in [6, 6.07) is 11.8. The van der Waals surface area contributed by atoms with Crippen LogP contribution >= 0.6 is 11.8 Å². The van der Waals surface area contributed by atoms with Gasteiger partial charge in [-0.05, 0) is 17.7 Å². The summed E-state index contributed by atoms with van der Waals surface area (Å²) < 4.78 is 0. The third kappa shape index (κ3) is 2.66. The number of hydrogen-bond acceptors (Lipinski definition) is 5. The smallest absolute Gasteiger partial charge is 0.123 e. The lowest BCUT2D eigenvalue weighted by Crippen LogP contribution is -1.91. The standard InChI is InChI=1S/C14H12N4S/c15-13-6-5-10(7-16-13)8-19-14-11-3-1-2-4-12(11)17-9-18-14/h1-7,9H,8H2,(H2,15,16). The Hall–Kier alpha value is -2.14. The molecule has 0 saturated heterocycles. The van der Waals surface area contributed by atoms with E-state index in [1.165, 1.54) is 0 Å². The van der Waals surface area contributed by atoms with Crippen LogP contribution in [0.2, 0.25) is 0 Å². The predicted molar refractivity (Wildman–Crippen MR) is 77.7 cm³/mol. The summed E-state index contributed by atoms with van der Waals surface area (Å²) in [5.41, 5.74) is 7.66. The third-order valence-corrected chi connectivity index (χ3v) is 3.81. The average molecular weight is 268 g/mol. The molecule has 2 aromatic heterocycles. The van der Waals surface area contributed by atoms with E-state index in [9.17, 15) is 0 Å². The Morgan fingerprint density at radius 2 is 1.89 bits per heavy atom. The normalized spacial score (nSPS) is 10.7. The van der Waals surface area contributed by atoms with Gasteiger partial charge in [0.1, 0.15) is 17.2 Å². The van der Waals surface area contributed by atoms with Crippen LogP contribution in [0.5, 0.6) is 0 Å². The Labute approximate surface area is 115 Å². The van der Waals surface area contributed by atoms with E-state index < -0.39 is 0 Å². The number of para-hydroxylation sites is 1. The molecule has 0 saturated carbocycles. The number of anilines is 1. The molecule has 0 atom stereocenters. The molecule has 0 bridgehead atoms. The monoisotopic (exact) mass is 268 g/mol. The lowest BCUT2D eigenvalue weighted by molar-refractivity contribution is 1.10. The van der Waals surface area contributed by atoms with Crippen molar-refractivity contribution in [3.05, 3.63) is 54.5 Å². The van der Waals surface area contributed by atoms with Crippen molar-refractivity contribution in [1.29, 1.82) is 0 Å². The summed E-state index contributed by atoms with van der Waals surface area (Å²) in [7, 11) is 0. The van der Waals surface area contributed by atoms with Crippen molar-refractivity contribution in [3.63, 3.8) is 0 Å². The highest BCUT2D eigenvalue weighted by Crippen LogP contribution is 2.26. The van der Waals surface area contributed by atoms with Gasteiger partial charge in [0.25, 0.3) is 0 Å². The quantitative estimate of drug-likeness (QED) is 0.584. The summed E-state index contributed by atoms with van der Waals surface area (Å²) in [5.74, 6) is 1.36. The van der Waals surface area contributed by atoms with Gasteiger partial charge in [-0.3, -0.25) is 0 Å². The SMILES string of the molecule is Nc1ccc(CSc2ncnc3ccccc23)cn1. The van der Waals surface area contributed by atoms with Crippen LogP contribution in [-0.2, 0) is 5.75 Å². The van der Waals surface area contributed by atoms with Crippen LogP contribution < -0.4 is 5.73 Å². The molecular formula is C14H12N4S. The summed E-state index contributed by atoms with van der Waals surface area (Å²) in [5, 5.41) is 2.07. The van der Waals surface area contributed by atoms with E-state index >= 15 is 0 Å². The molecule has 0 unspecified atom stereocenters. The summed E-state index contributed by atoms with van der Waals surface area (Å²) in [6.07, 6.45) is 3.40. The van der Waals surface area contributed by atoms with E-state index in [4.69, 9.17) is 5.73 Å². The van der Waals surface area contributed by atoms with Crippen molar-refractivity contribution in [2.45, 2.75) is 10.8 Å².